The summed E-state index contributed by atoms with van der Waals surface area (Å²) in [7, 11) is 0. The number of para-hydroxylation sites is 2. The minimum Gasteiger partial charge on any atom is -0.485 e. The Morgan fingerprint density at radius 3 is 1.59 bits per heavy atom. The van der Waals surface area contributed by atoms with Gasteiger partial charge in [0.1, 0.15) is 23.4 Å². The highest BCUT2D eigenvalue weighted by molar-refractivity contribution is 5.92. The fourth-order valence-corrected chi connectivity index (χ4v) is 13.3. The number of hydrogen-bond donors (Lipinski definition) is 0. The van der Waals surface area contributed by atoms with Gasteiger partial charge in [-0.1, -0.05) is 205 Å². The molecule has 3 unspecified atom stereocenters. The largest absolute Gasteiger partial charge is 0.485 e. The predicted molar refractivity (Wildman–Crippen MR) is 299 cm³/mol. The molecule has 2 heterocycles. The smallest absolute Gasteiger partial charge is 0.132 e. The lowest BCUT2D eigenvalue weighted by Crippen LogP contribution is -2.47. The van der Waals surface area contributed by atoms with E-state index < -0.39 is 10.8 Å². The molecule has 354 valence electrons. The zero-order chi connectivity index (χ0) is 49.4. The average molecular weight is 944 g/mol. The van der Waals surface area contributed by atoms with Gasteiger partial charge in [-0.2, -0.15) is 0 Å². The Labute approximate surface area is 429 Å². The summed E-state index contributed by atoms with van der Waals surface area (Å²) in [5, 5.41) is 0. The molecule has 0 N–H and O–H groups in total. The van der Waals surface area contributed by atoms with Gasteiger partial charge >= 0.3 is 0 Å². The lowest BCUT2D eigenvalue weighted by molar-refractivity contribution is 0.141. The number of benzene rings is 9. The van der Waals surface area contributed by atoms with Crippen molar-refractivity contribution in [1.29, 1.82) is 0 Å². The molecule has 2 spiro atoms. The second-order valence-corrected chi connectivity index (χ2v) is 22.8. The first-order valence-corrected chi connectivity index (χ1v) is 26.0. The van der Waals surface area contributed by atoms with E-state index in [2.05, 4.69) is 271 Å². The third-order valence-electron chi connectivity index (χ3n) is 16.7. The molecule has 14 rings (SSSR count). The van der Waals surface area contributed by atoms with Gasteiger partial charge in [-0.3, -0.25) is 0 Å². The van der Waals surface area contributed by atoms with Gasteiger partial charge < -0.3 is 14.4 Å². The van der Waals surface area contributed by atoms with Gasteiger partial charge in [0.2, 0.25) is 0 Å². The molecule has 3 nitrogen and oxygen atoms in total. The average Bonchev–Trinajstić information content (AvgIpc) is 3.86. The number of fused-ring (bicyclic) bond motifs is 18. The van der Waals surface area contributed by atoms with Crippen molar-refractivity contribution in [1.82, 2.24) is 0 Å². The molecule has 9 aromatic rings. The van der Waals surface area contributed by atoms with Crippen LogP contribution in [0, 0.1) is 5.92 Å². The minimum absolute atomic E-state index is 0.0305. The summed E-state index contributed by atoms with van der Waals surface area (Å²) in [6.45, 7) is 14.0. The molecule has 0 fully saturated rings. The van der Waals surface area contributed by atoms with Crippen molar-refractivity contribution < 1.29 is 9.47 Å². The molecular weight excluding hydrogens is 887 g/mol. The molecule has 2 aliphatic heterocycles. The SMILES string of the molecule is CC(C)(C)c1ccc2c(c1)C1(c3ccccc3Oc3ccc(N(c4ccc(-c5ccccc5)cc4)c4ccc5c(c4)C4(c6ccccc6OC6C=CC=CC64)c4ccccc4-5)cc31)c1cc(C(C)(C)C)ccc1-2. The summed E-state index contributed by atoms with van der Waals surface area (Å²) >= 11 is 0. The third-order valence-corrected chi connectivity index (χ3v) is 16.7. The normalized spacial score (nSPS) is 18.8. The van der Waals surface area contributed by atoms with Crippen molar-refractivity contribution in [3.63, 3.8) is 0 Å². The van der Waals surface area contributed by atoms with E-state index in [1.807, 2.05) is 0 Å². The van der Waals surface area contributed by atoms with Crippen molar-refractivity contribution >= 4 is 17.1 Å². The van der Waals surface area contributed by atoms with Crippen LogP contribution in [-0.4, -0.2) is 6.10 Å². The van der Waals surface area contributed by atoms with Gasteiger partial charge in [0, 0.05) is 39.7 Å². The van der Waals surface area contributed by atoms with Crippen LogP contribution in [0.3, 0.4) is 0 Å². The molecule has 0 saturated heterocycles. The first-order chi connectivity index (χ1) is 35.4. The number of allylic oxidation sites excluding steroid dienone is 2. The maximum atomic E-state index is 7.11. The molecule has 3 atom stereocenters. The number of nitrogens with zero attached hydrogens (tertiary/aromatic N) is 1. The van der Waals surface area contributed by atoms with Crippen LogP contribution >= 0.6 is 0 Å². The molecule has 0 radical (unpaired) electrons. The Hall–Kier alpha value is -8.14. The first-order valence-electron chi connectivity index (χ1n) is 26.0. The highest BCUT2D eigenvalue weighted by atomic mass is 16.5. The van der Waals surface area contributed by atoms with E-state index in [-0.39, 0.29) is 22.9 Å². The van der Waals surface area contributed by atoms with Gasteiger partial charge in [0.15, 0.2) is 0 Å². The Morgan fingerprint density at radius 1 is 0.384 bits per heavy atom. The van der Waals surface area contributed by atoms with E-state index in [9.17, 15) is 0 Å². The highest BCUT2D eigenvalue weighted by Crippen LogP contribution is 2.65. The van der Waals surface area contributed by atoms with Crippen LogP contribution in [-0.2, 0) is 21.7 Å². The van der Waals surface area contributed by atoms with E-state index in [4.69, 9.17) is 9.47 Å². The van der Waals surface area contributed by atoms with Crippen LogP contribution < -0.4 is 14.4 Å². The van der Waals surface area contributed by atoms with Gasteiger partial charge in [-0.15, -0.1) is 0 Å². The van der Waals surface area contributed by atoms with E-state index in [0.29, 0.717) is 0 Å². The summed E-state index contributed by atoms with van der Waals surface area (Å²) < 4.78 is 14.0. The molecule has 0 saturated carbocycles. The molecule has 9 aromatic carbocycles. The third kappa shape index (κ3) is 6.24. The van der Waals surface area contributed by atoms with E-state index in [0.717, 1.165) is 45.4 Å². The molecule has 0 bridgehead atoms. The maximum absolute atomic E-state index is 7.11. The zero-order valence-electron chi connectivity index (χ0n) is 42.3. The van der Waals surface area contributed by atoms with Crippen molar-refractivity contribution in [3.05, 3.63) is 275 Å². The number of ether oxygens (including phenoxy) is 2. The van der Waals surface area contributed by atoms with Crippen LogP contribution in [0.1, 0.15) is 91.6 Å². The predicted octanol–water partition coefficient (Wildman–Crippen LogP) is 17.7. The quantitative estimate of drug-likeness (QED) is 0.175. The summed E-state index contributed by atoms with van der Waals surface area (Å²) in [4.78, 5) is 2.48. The molecule has 5 aliphatic rings. The standard InChI is InChI=1S/C70H57NO2/c1-67(2,3)46-30-36-52-53-37-31-47(68(4,5)6)41-60(53)70(59(52)40-46)58-24-14-17-27-65(58)73-66-39-35-50(43-62(66)70)71(48-32-28-45(29-33-48)44-18-8-7-9-19-44)49-34-38-54-51-20-10-11-21-55(51)69(61(54)42-49)56-22-12-15-25-63(56)72-64-26-16-13-23-57(64)69/h7-43,56,63H,1-6H3. The van der Waals surface area contributed by atoms with Crippen molar-refractivity contribution in [3.8, 4) is 50.6 Å². The highest BCUT2D eigenvalue weighted by Gasteiger charge is 2.56. The second kappa shape index (κ2) is 15.7. The van der Waals surface area contributed by atoms with E-state index >= 15 is 0 Å². The topological polar surface area (TPSA) is 21.7 Å². The van der Waals surface area contributed by atoms with Crippen molar-refractivity contribution in [2.45, 2.75) is 69.3 Å². The van der Waals surface area contributed by atoms with Crippen LogP contribution in [0.5, 0.6) is 17.2 Å². The van der Waals surface area contributed by atoms with E-state index in [1.54, 1.807) is 0 Å². The molecule has 3 aliphatic carbocycles. The fourth-order valence-electron chi connectivity index (χ4n) is 13.3. The van der Waals surface area contributed by atoms with Gasteiger partial charge in [-0.25, -0.2) is 0 Å². The van der Waals surface area contributed by atoms with Crippen molar-refractivity contribution in [2.24, 2.45) is 5.92 Å². The van der Waals surface area contributed by atoms with E-state index in [1.165, 1.54) is 72.3 Å². The summed E-state index contributed by atoms with van der Waals surface area (Å²) in [5.74, 6) is 2.73. The first kappa shape index (κ1) is 43.6. The lowest BCUT2D eigenvalue weighted by atomic mass is 9.60. The van der Waals surface area contributed by atoms with Crippen molar-refractivity contribution in [2.75, 3.05) is 4.90 Å². The molecule has 0 amide bonds. The second-order valence-electron chi connectivity index (χ2n) is 22.8. The van der Waals surface area contributed by atoms with Gasteiger partial charge in [0.25, 0.3) is 0 Å². The molecular formula is C70H57NO2. The lowest BCUT2D eigenvalue weighted by Gasteiger charge is -2.47. The Kier molecular flexibility index (Phi) is 9.37. The van der Waals surface area contributed by atoms with Crippen LogP contribution in [0.2, 0.25) is 0 Å². The zero-order valence-corrected chi connectivity index (χ0v) is 42.3. The van der Waals surface area contributed by atoms with Crippen LogP contribution in [0.15, 0.2) is 224 Å². The summed E-state index contributed by atoms with van der Waals surface area (Å²) in [6, 6.07) is 75.0. The van der Waals surface area contributed by atoms with Crippen LogP contribution in [0.25, 0.3) is 33.4 Å². The van der Waals surface area contributed by atoms with Gasteiger partial charge in [0.05, 0.1) is 10.8 Å². The monoisotopic (exact) mass is 943 g/mol. The number of rotatable bonds is 4. The number of hydrogen-bond acceptors (Lipinski definition) is 3. The Bertz CT molecular complexity index is 3720. The fraction of sp³-hybridized carbons (Fsp3) is 0.171. The summed E-state index contributed by atoms with van der Waals surface area (Å²) in [6.07, 6.45) is 8.85. The van der Waals surface area contributed by atoms with Crippen LogP contribution in [0.4, 0.5) is 17.1 Å². The molecule has 73 heavy (non-hydrogen) atoms. The Balaban J connectivity index is 1.04. The number of anilines is 3. The Morgan fingerprint density at radius 2 is 0.890 bits per heavy atom. The molecule has 3 heteroatoms. The summed E-state index contributed by atoms with van der Waals surface area (Å²) in [5.41, 5.74) is 20.6. The van der Waals surface area contributed by atoms with Gasteiger partial charge in [-0.05, 0) is 138 Å². The maximum Gasteiger partial charge on any atom is 0.132 e. The minimum atomic E-state index is -0.679. The molecule has 0 aromatic heterocycles.